The molecule has 0 spiro atoms. The van der Waals surface area contributed by atoms with Gasteiger partial charge in [0.2, 0.25) is 0 Å². The second-order valence-corrected chi connectivity index (χ2v) is 10.2. The molecule has 0 amide bonds. The van der Waals surface area contributed by atoms with E-state index in [1.807, 2.05) is 57.7 Å². The first-order chi connectivity index (χ1) is 22.3. The molecule has 45 heavy (non-hydrogen) atoms. The van der Waals surface area contributed by atoms with E-state index >= 15 is 0 Å². The van der Waals surface area contributed by atoms with E-state index in [-0.39, 0.29) is 0 Å². The zero-order valence-corrected chi connectivity index (χ0v) is 26.2. The third-order valence-electron chi connectivity index (χ3n) is 7.60. The van der Waals surface area contributed by atoms with Crippen LogP contribution in [0, 0.1) is 0 Å². The van der Waals surface area contributed by atoms with Crippen molar-refractivity contribution in [2.45, 2.75) is 20.8 Å². The molecule has 2 aromatic heterocycles. The van der Waals surface area contributed by atoms with Gasteiger partial charge in [-0.2, -0.15) is 0 Å². The Morgan fingerprint density at radius 1 is 0.444 bits per heavy atom. The molecule has 0 saturated carbocycles. The lowest BCUT2D eigenvalue weighted by molar-refractivity contribution is 1.33. The second kappa shape index (κ2) is 15.2. The molecular weight excluding hydrogens is 544 g/mol. The molecule has 0 atom stereocenters. The van der Waals surface area contributed by atoms with Crippen molar-refractivity contribution in [3.8, 4) is 44.5 Å². The van der Waals surface area contributed by atoms with Gasteiger partial charge in [0.25, 0.3) is 0 Å². The topological polar surface area (TPSA) is 25.8 Å². The lowest BCUT2D eigenvalue weighted by atomic mass is 9.84. The van der Waals surface area contributed by atoms with Crippen LogP contribution in [0.25, 0.3) is 66.1 Å². The average Bonchev–Trinajstić information content (AvgIpc) is 3.13. The summed E-state index contributed by atoms with van der Waals surface area (Å²) in [4.78, 5) is 8.44. The number of fused-ring (bicyclic) bond motifs is 2. The molecule has 7 aromatic rings. The summed E-state index contributed by atoms with van der Waals surface area (Å²) in [6.07, 6.45) is 13.0. The van der Waals surface area contributed by atoms with E-state index in [2.05, 4.69) is 138 Å². The van der Waals surface area contributed by atoms with Gasteiger partial charge in [-0.15, -0.1) is 0 Å². The van der Waals surface area contributed by atoms with E-state index in [4.69, 9.17) is 0 Å². The summed E-state index contributed by atoms with van der Waals surface area (Å²) in [5, 5.41) is 4.97. The van der Waals surface area contributed by atoms with E-state index in [9.17, 15) is 0 Å². The molecule has 0 unspecified atom stereocenters. The van der Waals surface area contributed by atoms with Crippen molar-refractivity contribution >= 4 is 21.5 Å². The molecule has 0 fully saturated rings. The second-order valence-electron chi connectivity index (χ2n) is 10.2. The quantitative estimate of drug-likeness (QED) is 0.149. The van der Waals surface area contributed by atoms with Crippen LogP contribution in [0.3, 0.4) is 0 Å². The zero-order chi connectivity index (χ0) is 31.4. The van der Waals surface area contributed by atoms with Crippen molar-refractivity contribution in [2.75, 3.05) is 0 Å². The van der Waals surface area contributed by atoms with Crippen molar-refractivity contribution in [1.82, 2.24) is 9.97 Å². The first kappa shape index (κ1) is 30.8. The van der Waals surface area contributed by atoms with Gasteiger partial charge < -0.3 is 0 Å². The highest BCUT2D eigenvalue weighted by molar-refractivity contribution is 6.22. The number of hydrogen-bond acceptors (Lipinski definition) is 2. The largest absolute Gasteiger partial charge is 0.265 e. The van der Waals surface area contributed by atoms with Gasteiger partial charge in [-0.3, -0.25) is 9.97 Å². The molecule has 5 aromatic carbocycles. The summed E-state index contributed by atoms with van der Waals surface area (Å²) in [7, 11) is 0. The van der Waals surface area contributed by atoms with E-state index in [1.165, 1.54) is 54.9 Å². The number of allylic oxidation sites excluding steroid dienone is 3. The van der Waals surface area contributed by atoms with Gasteiger partial charge in [-0.05, 0) is 109 Å². The van der Waals surface area contributed by atoms with Gasteiger partial charge in [0, 0.05) is 24.8 Å². The fraction of sp³-hybridized carbons (Fsp3) is 0.0698. The van der Waals surface area contributed by atoms with Crippen molar-refractivity contribution in [1.29, 1.82) is 0 Å². The Hall–Kier alpha value is -5.60. The highest BCUT2D eigenvalue weighted by Gasteiger charge is 2.18. The third kappa shape index (κ3) is 6.82. The molecule has 0 N–H and O–H groups in total. The Labute approximate surface area is 267 Å². The van der Waals surface area contributed by atoms with Crippen LogP contribution in [0.5, 0.6) is 0 Å². The Kier molecular flexibility index (Phi) is 10.4. The number of hydrogen-bond donors (Lipinski definition) is 0. The van der Waals surface area contributed by atoms with Crippen LogP contribution in [-0.2, 0) is 0 Å². The van der Waals surface area contributed by atoms with E-state index in [1.54, 1.807) is 6.08 Å². The first-order valence-corrected chi connectivity index (χ1v) is 15.5. The number of rotatable bonds is 5. The molecule has 2 nitrogen and oxygen atoms in total. The predicted molar refractivity (Wildman–Crippen MR) is 195 cm³/mol. The Balaban J connectivity index is 0.000000523. The Bertz CT molecular complexity index is 1870. The lowest BCUT2D eigenvalue weighted by Gasteiger charge is -2.19. The molecule has 7 rings (SSSR count). The molecular formula is C43H38N2. The number of pyridine rings is 2. The van der Waals surface area contributed by atoms with Gasteiger partial charge in [0.1, 0.15) is 0 Å². The van der Waals surface area contributed by atoms with Crippen molar-refractivity contribution < 1.29 is 0 Å². The number of benzene rings is 5. The third-order valence-corrected chi connectivity index (χ3v) is 7.60. The number of nitrogens with zero attached hydrogens (tertiary/aromatic N) is 2. The molecule has 0 aliphatic carbocycles. The molecule has 2 heterocycles. The van der Waals surface area contributed by atoms with Gasteiger partial charge in [0.15, 0.2) is 0 Å². The van der Waals surface area contributed by atoms with Crippen LogP contribution in [0.1, 0.15) is 20.8 Å². The first-order valence-electron chi connectivity index (χ1n) is 15.5. The van der Waals surface area contributed by atoms with E-state index in [0.29, 0.717) is 0 Å². The fourth-order valence-electron chi connectivity index (χ4n) is 5.64. The standard InChI is InChI=1S/C36H24N2.C5H8.C2H6/c1-3-7-27(8-4-1)35-31-13-11-30(26-17-21-38-22-18-26)24-34(31)36(28-9-5-2-6-10-28)32-14-12-29(23-33(32)35)25-15-19-37-20-16-25;1-3-5-4-2;1-2/h1-24H;3-5H,1H2,2H3;1-2H3/b;5-4-;. The minimum atomic E-state index is 1.16. The normalized spacial score (nSPS) is 10.6. The summed E-state index contributed by atoms with van der Waals surface area (Å²) in [5.41, 5.74) is 9.63. The maximum absolute atomic E-state index is 4.22. The highest BCUT2D eigenvalue weighted by atomic mass is 14.6. The van der Waals surface area contributed by atoms with Crippen molar-refractivity contribution in [3.63, 3.8) is 0 Å². The summed E-state index contributed by atoms with van der Waals surface area (Å²) < 4.78 is 0. The molecule has 0 aliphatic rings. The average molecular weight is 583 g/mol. The molecule has 220 valence electrons. The minimum Gasteiger partial charge on any atom is -0.265 e. The molecule has 0 bridgehead atoms. The van der Waals surface area contributed by atoms with Crippen LogP contribution in [0.15, 0.2) is 171 Å². The minimum absolute atomic E-state index is 1.16. The van der Waals surface area contributed by atoms with Crippen molar-refractivity contribution in [2.24, 2.45) is 0 Å². The maximum atomic E-state index is 4.22. The number of aromatic nitrogens is 2. The summed E-state index contributed by atoms with van der Waals surface area (Å²) in [5.74, 6) is 0. The van der Waals surface area contributed by atoms with E-state index in [0.717, 1.165) is 11.1 Å². The molecule has 2 heteroatoms. The molecule has 0 aliphatic heterocycles. The summed E-state index contributed by atoms with van der Waals surface area (Å²) >= 11 is 0. The zero-order valence-electron chi connectivity index (χ0n) is 26.2. The fourth-order valence-corrected chi connectivity index (χ4v) is 5.64. The highest BCUT2D eigenvalue weighted by Crippen LogP contribution is 2.45. The molecule has 0 saturated heterocycles. The van der Waals surface area contributed by atoms with Crippen LogP contribution in [0.4, 0.5) is 0 Å². The predicted octanol–water partition coefficient (Wildman–Crippen LogP) is 12.2. The van der Waals surface area contributed by atoms with Gasteiger partial charge >= 0.3 is 0 Å². The summed E-state index contributed by atoms with van der Waals surface area (Å²) in [6, 6.07) is 43.5. The van der Waals surface area contributed by atoms with Gasteiger partial charge in [0.05, 0.1) is 0 Å². The Morgan fingerprint density at radius 3 is 1.18 bits per heavy atom. The van der Waals surface area contributed by atoms with Crippen molar-refractivity contribution in [3.05, 3.63) is 171 Å². The van der Waals surface area contributed by atoms with Crippen LogP contribution < -0.4 is 0 Å². The Morgan fingerprint density at radius 2 is 0.844 bits per heavy atom. The monoisotopic (exact) mass is 582 g/mol. The lowest BCUT2D eigenvalue weighted by Crippen LogP contribution is -1.92. The van der Waals surface area contributed by atoms with Gasteiger partial charge in [-0.25, -0.2) is 0 Å². The SMILES string of the molecule is C=C/C=C\C.CC.c1ccc(-c2c3ccc(-c4ccncc4)cc3c(-c3ccccc3)c3ccc(-c4ccncc4)cc23)cc1. The molecule has 0 radical (unpaired) electrons. The smallest absolute Gasteiger partial charge is 0.0273 e. The summed E-state index contributed by atoms with van der Waals surface area (Å²) in [6.45, 7) is 9.42. The maximum Gasteiger partial charge on any atom is 0.0273 e. The van der Waals surface area contributed by atoms with Crippen LogP contribution >= 0.6 is 0 Å². The van der Waals surface area contributed by atoms with Crippen LogP contribution in [-0.4, -0.2) is 9.97 Å². The van der Waals surface area contributed by atoms with Gasteiger partial charge in [-0.1, -0.05) is 124 Å². The van der Waals surface area contributed by atoms with E-state index < -0.39 is 0 Å². The van der Waals surface area contributed by atoms with Crippen LogP contribution in [0.2, 0.25) is 0 Å².